The van der Waals surface area contributed by atoms with Gasteiger partial charge in [-0.2, -0.15) is 0 Å². The van der Waals surface area contributed by atoms with Gasteiger partial charge in [-0.1, -0.05) is 0 Å². The van der Waals surface area contributed by atoms with Crippen LogP contribution in [0.2, 0.25) is 0 Å². The second kappa shape index (κ2) is 6.06. The summed E-state index contributed by atoms with van der Waals surface area (Å²) in [5.74, 6) is 0. The molecule has 0 spiro atoms. The number of hydrogen-bond acceptors (Lipinski definition) is 5. The maximum Gasteiger partial charge on any atom is 0.0907 e. The molecule has 2 aromatic heterocycles. The van der Waals surface area contributed by atoms with Gasteiger partial charge in [-0.05, 0) is 32.0 Å². The smallest absolute Gasteiger partial charge is 0.0907 e. The molecule has 2 aromatic rings. The molecule has 2 aliphatic rings. The summed E-state index contributed by atoms with van der Waals surface area (Å²) in [4.78, 5) is 16.6. The number of fused-ring (bicyclic) bond motifs is 1. The van der Waals surface area contributed by atoms with Crippen molar-refractivity contribution in [1.82, 2.24) is 19.8 Å². The van der Waals surface area contributed by atoms with Crippen LogP contribution in [0, 0.1) is 0 Å². The lowest BCUT2D eigenvalue weighted by molar-refractivity contribution is 0.0678. The molecular weight excluding hydrogens is 286 g/mol. The average molecular weight is 311 g/mol. The van der Waals surface area contributed by atoms with Crippen LogP contribution >= 0.6 is 0 Å². The molecule has 0 aromatic carbocycles. The predicted molar refractivity (Wildman–Crippen MR) is 93.8 cm³/mol. The highest BCUT2D eigenvalue weighted by molar-refractivity contribution is 5.77. The van der Waals surface area contributed by atoms with E-state index in [1.807, 2.05) is 24.5 Å². The summed E-state index contributed by atoms with van der Waals surface area (Å²) in [6.07, 6.45) is 3.82. The van der Waals surface area contributed by atoms with Crippen LogP contribution < -0.4 is 4.90 Å². The molecule has 2 saturated heterocycles. The standard InChI is InChI=1S/C18H25N5/c1-14(2)21-6-8-22(9-7-21)16-12-23(13-16)15-10-18-17(20-11-15)4-3-5-19-18/h3-5,10-11,14,16H,6-9,12-13H2,1-2H3. The molecule has 2 aliphatic heterocycles. The van der Waals surface area contributed by atoms with Crippen molar-refractivity contribution in [2.45, 2.75) is 25.9 Å². The Kier molecular flexibility index (Phi) is 3.91. The van der Waals surface area contributed by atoms with E-state index < -0.39 is 0 Å². The van der Waals surface area contributed by atoms with Crippen molar-refractivity contribution < 1.29 is 0 Å². The van der Waals surface area contributed by atoms with Crippen LogP contribution in [0.1, 0.15) is 13.8 Å². The molecule has 23 heavy (non-hydrogen) atoms. The summed E-state index contributed by atoms with van der Waals surface area (Å²) in [5.41, 5.74) is 3.16. The highest BCUT2D eigenvalue weighted by atomic mass is 15.4. The summed E-state index contributed by atoms with van der Waals surface area (Å²) < 4.78 is 0. The molecule has 5 nitrogen and oxygen atoms in total. The first kappa shape index (κ1) is 14.8. The first-order chi connectivity index (χ1) is 11.2. The maximum absolute atomic E-state index is 4.53. The largest absolute Gasteiger partial charge is 0.367 e. The molecule has 0 radical (unpaired) electrons. The monoisotopic (exact) mass is 311 g/mol. The van der Waals surface area contributed by atoms with Gasteiger partial charge in [0.15, 0.2) is 0 Å². The molecule has 0 N–H and O–H groups in total. The number of anilines is 1. The van der Waals surface area contributed by atoms with Crippen LogP contribution in [0.15, 0.2) is 30.6 Å². The van der Waals surface area contributed by atoms with Crippen LogP contribution in [-0.2, 0) is 0 Å². The van der Waals surface area contributed by atoms with Crippen molar-refractivity contribution >= 4 is 16.7 Å². The third-order valence-electron chi connectivity index (χ3n) is 5.26. The fourth-order valence-electron chi connectivity index (χ4n) is 3.63. The minimum absolute atomic E-state index is 0.672. The third-order valence-corrected chi connectivity index (χ3v) is 5.26. The highest BCUT2D eigenvalue weighted by Crippen LogP contribution is 2.26. The van der Waals surface area contributed by atoms with E-state index in [0.29, 0.717) is 12.1 Å². The number of pyridine rings is 2. The molecule has 122 valence electrons. The third kappa shape index (κ3) is 2.91. The van der Waals surface area contributed by atoms with Crippen LogP contribution in [0.3, 0.4) is 0 Å². The van der Waals surface area contributed by atoms with Gasteiger partial charge in [-0.15, -0.1) is 0 Å². The van der Waals surface area contributed by atoms with Crippen molar-refractivity contribution in [1.29, 1.82) is 0 Å². The summed E-state index contributed by atoms with van der Waals surface area (Å²) in [6, 6.07) is 7.48. The Balaban J connectivity index is 1.36. The lowest BCUT2D eigenvalue weighted by Crippen LogP contribution is -2.63. The summed E-state index contributed by atoms with van der Waals surface area (Å²) in [7, 11) is 0. The van der Waals surface area contributed by atoms with Crippen molar-refractivity contribution in [3.63, 3.8) is 0 Å². The topological polar surface area (TPSA) is 35.5 Å². The lowest BCUT2D eigenvalue weighted by Gasteiger charge is -2.49. The first-order valence-electron chi connectivity index (χ1n) is 8.64. The Bertz CT molecular complexity index is 672. The van der Waals surface area contributed by atoms with Gasteiger partial charge in [-0.25, -0.2) is 0 Å². The Morgan fingerprint density at radius 3 is 2.57 bits per heavy atom. The quantitative estimate of drug-likeness (QED) is 0.864. The fourth-order valence-corrected chi connectivity index (χ4v) is 3.63. The van der Waals surface area contributed by atoms with E-state index in [1.165, 1.54) is 31.9 Å². The predicted octanol–water partition coefficient (Wildman–Crippen LogP) is 1.84. The molecular formula is C18H25N5. The van der Waals surface area contributed by atoms with Gasteiger partial charge in [0.1, 0.15) is 0 Å². The zero-order valence-electron chi connectivity index (χ0n) is 14.0. The van der Waals surface area contributed by atoms with Crippen LogP contribution in [0.25, 0.3) is 11.0 Å². The van der Waals surface area contributed by atoms with E-state index in [0.717, 1.165) is 24.1 Å². The Hall–Kier alpha value is -1.72. The Labute approximate surface area is 137 Å². The number of aromatic nitrogens is 2. The first-order valence-corrected chi connectivity index (χ1v) is 8.64. The van der Waals surface area contributed by atoms with Crippen molar-refractivity contribution in [3.8, 4) is 0 Å². The molecule has 4 heterocycles. The van der Waals surface area contributed by atoms with E-state index in [4.69, 9.17) is 0 Å². The van der Waals surface area contributed by atoms with Crippen LogP contribution in [0.4, 0.5) is 5.69 Å². The Morgan fingerprint density at radius 1 is 1.04 bits per heavy atom. The Morgan fingerprint density at radius 2 is 1.83 bits per heavy atom. The normalized spacial score (nSPS) is 21.1. The SMILES string of the molecule is CC(C)N1CCN(C2CN(c3cnc4cccnc4c3)C2)CC1. The molecule has 0 saturated carbocycles. The second-order valence-electron chi connectivity index (χ2n) is 6.96. The number of rotatable bonds is 3. The van der Waals surface area contributed by atoms with Gasteiger partial charge in [0.25, 0.3) is 0 Å². The molecule has 0 amide bonds. The number of nitrogens with zero attached hydrogens (tertiary/aromatic N) is 5. The van der Waals surface area contributed by atoms with Crippen molar-refractivity contribution in [2.75, 3.05) is 44.2 Å². The maximum atomic E-state index is 4.53. The molecule has 5 heteroatoms. The number of hydrogen-bond donors (Lipinski definition) is 0. The molecule has 4 rings (SSSR count). The van der Waals surface area contributed by atoms with Crippen molar-refractivity contribution in [2.24, 2.45) is 0 Å². The minimum atomic E-state index is 0.672. The van der Waals surface area contributed by atoms with Gasteiger partial charge >= 0.3 is 0 Å². The van der Waals surface area contributed by atoms with E-state index in [-0.39, 0.29) is 0 Å². The molecule has 0 bridgehead atoms. The molecule has 0 aliphatic carbocycles. The number of piperazine rings is 1. The summed E-state index contributed by atoms with van der Waals surface area (Å²) >= 11 is 0. The van der Waals surface area contributed by atoms with Gasteiger partial charge in [0.05, 0.1) is 22.9 Å². The summed E-state index contributed by atoms with van der Waals surface area (Å²) in [6.45, 7) is 11.6. The molecule has 0 unspecified atom stereocenters. The average Bonchev–Trinajstić information content (AvgIpc) is 2.54. The van der Waals surface area contributed by atoms with E-state index in [1.54, 1.807) is 0 Å². The van der Waals surface area contributed by atoms with Gasteiger partial charge in [-0.3, -0.25) is 19.8 Å². The van der Waals surface area contributed by atoms with Gasteiger partial charge in [0, 0.05) is 57.5 Å². The van der Waals surface area contributed by atoms with E-state index >= 15 is 0 Å². The summed E-state index contributed by atoms with van der Waals surface area (Å²) in [5, 5.41) is 0. The van der Waals surface area contributed by atoms with Crippen LogP contribution in [0.5, 0.6) is 0 Å². The van der Waals surface area contributed by atoms with E-state index in [2.05, 4.69) is 44.6 Å². The van der Waals surface area contributed by atoms with E-state index in [9.17, 15) is 0 Å². The lowest BCUT2D eigenvalue weighted by atomic mass is 10.0. The zero-order chi connectivity index (χ0) is 15.8. The highest BCUT2D eigenvalue weighted by Gasteiger charge is 2.34. The molecule has 2 fully saturated rings. The van der Waals surface area contributed by atoms with Crippen molar-refractivity contribution in [3.05, 3.63) is 30.6 Å². The van der Waals surface area contributed by atoms with Gasteiger partial charge < -0.3 is 4.90 Å². The molecule has 0 atom stereocenters. The van der Waals surface area contributed by atoms with Crippen LogP contribution in [-0.4, -0.2) is 71.1 Å². The zero-order valence-corrected chi connectivity index (χ0v) is 14.0. The fraction of sp³-hybridized carbons (Fsp3) is 0.556. The second-order valence-corrected chi connectivity index (χ2v) is 6.96. The minimum Gasteiger partial charge on any atom is -0.367 e. The van der Waals surface area contributed by atoms with Gasteiger partial charge in [0.2, 0.25) is 0 Å².